The van der Waals surface area contributed by atoms with Crippen LogP contribution in [0, 0.1) is 11.3 Å². The lowest BCUT2D eigenvalue weighted by Crippen LogP contribution is -1.99. The van der Waals surface area contributed by atoms with Gasteiger partial charge in [-0.3, -0.25) is 4.21 Å². The van der Waals surface area contributed by atoms with Crippen LogP contribution in [0.4, 0.5) is 0 Å². The summed E-state index contributed by atoms with van der Waals surface area (Å²) in [5.41, 5.74) is 1.21. The lowest BCUT2D eigenvalue weighted by molar-refractivity contribution is 0.413. The van der Waals surface area contributed by atoms with Gasteiger partial charge in [-0.25, -0.2) is 0 Å². The van der Waals surface area contributed by atoms with Crippen LogP contribution in [-0.2, 0) is 16.6 Å². The average Bonchev–Trinajstić information content (AvgIpc) is 2.46. The van der Waals surface area contributed by atoms with E-state index in [0.717, 1.165) is 5.56 Å². The minimum atomic E-state index is -1.38. The topological polar surface area (TPSA) is 50.1 Å². The van der Waals surface area contributed by atoms with Gasteiger partial charge in [0.25, 0.3) is 0 Å². The van der Waals surface area contributed by atoms with E-state index in [0.29, 0.717) is 26.3 Å². The molecule has 2 rings (SSSR count). The summed E-state index contributed by atoms with van der Waals surface area (Å²) in [7, 11) is 0.109. The normalized spacial score (nSPS) is 11.7. The minimum absolute atomic E-state index is 0.242. The Kier molecular flexibility index (Phi) is 5.24. The van der Waals surface area contributed by atoms with Crippen LogP contribution in [-0.4, -0.2) is 11.3 Å². The van der Waals surface area contributed by atoms with Crippen LogP contribution in [0.3, 0.4) is 0 Å². The molecular formula is C15H11Cl2NO2S. The van der Waals surface area contributed by atoms with Crippen LogP contribution in [0.5, 0.6) is 5.75 Å². The highest BCUT2D eigenvalue weighted by atomic mass is 35.5. The number of methoxy groups -OCH3 is 1. The Morgan fingerprint density at radius 1 is 1.24 bits per heavy atom. The molecule has 3 nitrogen and oxygen atoms in total. The molecule has 6 heteroatoms. The van der Waals surface area contributed by atoms with E-state index >= 15 is 0 Å². The Hall–Kier alpha value is -1.54. The molecule has 2 aromatic rings. The van der Waals surface area contributed by atoms with Gasteiger partial charge in [0.1, 0.15) is 11.8 Å². The summed E-state index contributed by atoms with van der Waals surface area (Å²) in [6.07, 6.45) is 0. The molecule has 0 fully saturated rings. The fourth-order valence-electron chi connectivity index (χ4n) is 1.84. The highest BCUT2D eigenvalue weighted by molar-refractivity contribution is 7.84. The van der Waals surface area contributed by atoms with E-state index in [1.165, 1.54) is 7.11 Å². The van der Waals surface area contributed by atoms with E-state index in [2.05, 4.69) is 0 Å². The van der Waals surface area contributed by atoms with E-state index in [1.807, 2.05) is 6.07 Å². The van der Waals surface area contributed by atoms with E-state index in [4.69, 9.17) is 33.2 Å². The number of hydrogen-bond acceptors (Lipinski definition) is 3. The summed E-state index contributed by atoms with van der Waals surface area (Å²) in [4.78, 5) is 0.421. The first-order valence-electron chi connectivity index (χ1n) is 5.96. The number of nitrogens with zero attached hydrogens (tertiary/aromatic N) is 1. The third kappa shape index (κ3) is 3.56. The van der Waals surface area contributed by atoms with Gasteiger partial charge in [0.05, 0.1) is 44.2 Å². The van der Waals surface area contributed by atoms with Gasteiger partial charge < -0.3 is 4.74 Å². The number of rotatable bonds is 4. The van der Waals surface area contributed by atoms with Crippen LogP contribution in [0.1, 0.15) is 11.1 Å². The maximum Gasteiger partial charge on any atom is 0.136 e. The smallest absolute Gasteiger partial charge is 0.136 e. The zero-order valence-corrected chi connectivity index (χ0v) is 13.4. The summed E-state index contributed by atoms with van der Waals surface area (Å²) < 4.78 is 17.6. The molecule has 0 heterocycles. The van der Waals surface area contributed by atoms with Crippen molar-refractivity contribution >= 4 is 34.0 Å². The number of halogens is 2. The second-order valence-electron chi connectivity index (χ2n) is 4.19. The third-order valence-corrected chi connectivity index (χ3v) is 5.18. The molecule has 0 saturated heterocycles. The molecule has 0 aliphatic carbocycles. The van der Waals surface area contributed by atoms with Gasteiger partial charge in [0.15, 0.2) is 0 Å². The molecule has 0 bridgehead atoms. The Labute approximate surface area is 135 Å². The molecule has 0 amide bonds. The van der Waals surface area contributed by atoms with Gasteiger partial charge in [0, 0.05) is 0 Å². The lowest BCUT2D eigenvalue weighted by atomic mass is 10.1. The molecule has 2 aromatic carbocycles. The zero-order chi connectivity index (χ0) is 15.4. The van der Waals surface area contributed by atoms with Crippen molar-refractivity contribution < 1.29 is 8.95 Å². The summed E-state index contributed by atoms with van der Waals surface area (Å²) in [5.74, 6) is 0.697. The van der Waals surface area contributed by atoms with Gasteiger partial charge in [0.2, 0.25) is 0 Å². The Morgan fingerprint density at radius 2 is 1.90 bits per heavy atom. The molecular weight excluding hydrogens is 329 g/mol. The van der Waals surface area contributed by atoms with Gasteiger partial charge in [-0.2, -0.15) is 5.26 Å². The molecule has 1 unspecified atom stereocenters. The van der Waals surface area contributed by atoms with Gasteiger partial charge in [-0.1, -0.05) is 35.3 Å². The molecule has 0 radical (unpaired) electrons. The summed E-state index contributed by atoms with van der Waals surface area (Å²) >= 11 is 12.1. The van der Waals surface area contributed by atoms with Crippen molar-refractivity contribution in [2.75, 3.05) is 7.11 Å². The second kappa shape index (κ2) is 6.95. The minimum Gasteiger partial charge on any atom is -0.495 e. The maximum atomic E-state index is 12.4. The van der Waals surface area contributed by atoms with Crippen molar-refractivity contribution in [3.63, 3.8) is 0 Å². The fraction of sp³-hybridized carbons (Fsp3) is 0.133. The molecule has 0 spiro atoms. The van der Waals surface area contributed by atoms with Gasteiger partial charge >= 0.3 is 0 Å². The van der Waals surface area contributed by atoms with Gasteiger partial charge in [-0.05, 0) is 29.8 Å². The van der Waals surface area contributed by atoms with E-state index in [-0.39, 0.29) is 5.75 Å². The van der Waals surface area contributed by atoms with Crippen molar-refractivity contribution in [1.29, 1.82) is 5.26 Å². The molecule has 21 heavy (non-hydrogen) atoms. The van der Waals surface area contributed by atoms with E-state index in [9.17, 15) is 4.21 Å². The van der Waals surface area contributed by atoms with Gasteiger partial charge in [-0.15, -0.1) is 0 Å². The maximum absolute atomic E-state index is 12.4. The van der Waals surface area contributed by atoms with Crippen LogP contribution >= 0.6 is 23.2 Å². The highest BCUT2D eigenvalue weighted by Gasteiger charge is 2.14. The molecule has 0 aliphatic rings. The summed E-state index contributed by atoms with van der Waals surface area (Å²) in [5, 5.41) is 9.70. The fourth-order valence-corrected chi connectivity index (χ4v) is 3.95. The first kappa shape index (κ1) is 15.8. The Morgan fingerprint density at radius 3 is 2.48 bits per heavy atom. The average molecular weight is 340 g/mol. The summed E-state index contributed by atoms with van der Waals surface area (Å²) in [6, 6.07) is 12.1. The molecule has 0 aromatic heterocycles. The predicted molar refractivity (Wildman–Crippen MR) is 84.3 cm³/mol. The number of benzene rings is 2. The number of hydrogen-bond donors (Lipinski definition) is 0. The standard InChI is InChI=1S/C15H11Cl2NO2S/c1-20-14-7-10(5-6-11(14)8-18)9-21(19)15-12(16)3-2-4-13(15)17/h2-7H,9H2,1H3. The van der Waals surface area contributed by atoms with Crippen molar-refractivity contribution in [3.8, 4) is 11.8 Å². The first-order valence-corrected chi connectivity index (χ1v) is 8.03. The first-order chi connectivity index (χ1) is 10.1. The van der Waals surface area contributed by atoms with Crippen LogP contribution in [0.15, 0.2) is 41.3 Å². The monoisotopic (exact) mass is 339 g/mol. The molecule has 1 atom stereocenters. The predicted octanol–water partition coefficient (Wildman–Crippen LogP) is 4.18. The largest absolute Gasteiger partial charge is 0.495 e. The lowest BCUT2D eigenvalue weighted by Gasteiger charge is -2.09. The van der Waals surface area contributed by atoms with Crippen molar-refractivity contribution in [3.05, 3.63) is 57.6 Å². The summed E-state index contributed by atoms with van der Waals surface area (Å²) in [6.45, 7) is 0. The molecule has 0 aliphatic heterocycles. The second-order valence-corrected chi connectivity index (χ2v) is 6.39. The van der Waals surface area contributed by atoms with Crippen LogP contribution < -0.4 is 4.74 Å². The van der Waals surface area contributed by atoms with E-state index < -0.39 is 10.8 Å². The molecule has 0 saturated carbocycles. The third-order valence-electron chi connectivity index (χ3n) is 2.83. The molecule has 0 N–H and O–H groups in total. The Balaban J connectivity index is 2.30. The highest BCUT2D eigenvalue weighted by Crippen LogP contribution is 2.30. The van der Waals surface area contributed by atoms with Crippen LogP contribution in [0.25, 0.3) is 0 Å². The van der Waals surface area contributed by atoms with Crippen molar-refractivity contribution in [1.82, 2.24) is 0 Å². The Bertz CT molecular complexity index is 721. The molecule has 108 valence electrons. The number of ether oxygens (including phenoxy) is 1. The SMILES string of the molecule is COc1cc(CS(=O)c2c(Cl)cccc2Cl)ccc1C#N. The quantitative estimate of drug-likeness (QED) is 0.839. The van der Waals surface area contributed by atoms with Crippen molar-refractivity contribution in [2.24, 2.45) is 0 Å². The number of nitriles is 1. The van der Waals surface area contributed by atoms with Crippen molar-refractivity contribution in [2.45, 2.75) is 10.6 Å². The van der Waals surface area contributed by atoms with E-state index in [1.54, 1.807) is 36.4 Å². The van der Waals surface area contributed by atoms with Crippen LogP contribution in [0.2, 0.25) is 10.0 Å². The zero-order valence-electron chi connectivity index (χ0n) is 11.1.